The van der Waals surface area contributed by atoms with Gasteiger partial charge in [0, 0.05) is 12.5 Å². The predicted octanol–water partition coefficient (Wildman–Crippen LogP) is 2.27. The number of carbonyl (C=O) groups excluding carboxylic acids is 2. The van der Waals surface area contributed by atoms with Crippen LogP contribution in [0.15, 0.2) is 23.8 Å². The summed E-state index contributed by atoms with van der Waals surface area (Å²) in [4.78, 5) is 31.6. The number of rotatable bonds is 3. The third-order valence-electron chi connectivity index (χ3n) is 4.09. The van der Waals surface area contributed by atoms with Crippen LogP contribution in [0.25, 0.3) is 0 Å². The molecule has 23 heavy (non-hydrogen) atoms. The largest absolute Gasteiger partial charge is 0.467 e. The molecule has 1 amide bonds. The van der Waals surface area contributed by atoms with Gasteiger partial charge in [-0.2, -0.15) is 0 Å². The number of aromatic nitrogens is 2. The lowest BCUT2D eigenvalue weighted by Crippen LogP contribution is -2.49. The second-order valence-electron chi connectivity index (χ2n) is 5.79. The Hall–Kier alpha value is -2.15. The zero-order valence-corrected chi connectivity index (χ0v) is 14.2. The molecule has 0 saturated heterocycles. The van der Waals surface area contributed by atoms with Crippen molar-refractivity contribution in [3.05, 3.63) is 40.1 Å². The van der Waals surface area contributed by atoms with E-state index in [1.54, 1.807) is 17.3 Å². The van der Waals surface area contributed by atoms with E-state index in [9.17, 15) is 9.59 Å². The Morgan fingerprint density at radius 2 is 2.22 bits per heavy atom. The van der Waals surface area contributed by atoms with Crippen molar-refractivity contribution >= 4 is 23.2 Å². The molecule has 122 valence electrons. The minimum atomic E-state index is -0.627. The number of fused-ring (bicyclic) bond motifs is 1. The van der Waals surface area contributed by atoms with Crippen molar-refractivity contribution in [3.63, 3.8) is 0 Å². The number of hydrogen-bond acceptors (Lipinski definition) is 5. The normalized spacial score (nSPS) is 17.2. The van der Waals surface area contributed by atoms with Gasteiger partial charge in [0.1, 0.15) is 6.04 Å². The van der Waals surface area contributed by atoms with Gasteiger partial charge in [-0.3, -0.25) is 4.79 Å². The van der Waals surface area contributed by atoms with Gasteiger partial charge in [0.05, 0.1) is 36.2 Å². The fourth-order valence-corrected chi connectivity index (χ4v) is 3.56. The Morgan fingerprint density at radius 1 is 1.43 bits per heavy atom. The van der Waals surface area contributed by atoms with E-state index in [0.29, 0.717) is 17.8 Å². The maximum Gasteiger partial charge on any atom is 0.329 e. The van der Waals surface area contributed by atoms with E-state index in [-0.39, 0.29) is 11.9 Å². The highest BCUT2D eigenvalue weighted by Crippen LogP contribution is 2.27. The third kappa shape index (κ3) is 2.76. The van der Waals surface area contributed by atoms with Crippen molar-refractivity contribution in [1.29, 1.82) is 0 Å². The van der Waals surface area contributed by atoms with Gasteiger partial charge in [0.2, 0.25) is 0 Å². The Kier molecular flexibility index (Phi) is 4.21. The second-order valence-corrected chi connectivity index (χ2v) is 6.74. The molecule has 6 nitrogen and oxygen atoms in total. The van der Waals surface area contributed by atoms with Gasteiger partial charge in [-0.25, -0.2) is 9.78 Å². The first-order valence-electron chi connectivity index (χ1n) is 7.49. The summed E-state index contributed by atoms with van der Waals surface area (Å²) >= 11 is 1.37. The number of imidazole rings is 1. The fraction of sp³-hybridized carbons (Fsp3) is 0.438. The number of ether oxygens (including phenoxy) is 1. The molecule has 0 aromatic carbocycles. The SMILES string of the molecule is COC(=O)[C@@H]1Cc2ncn(C(C)C)c2CN1C(=O)c1cccs1. The summed E-state index contributed by atoms with van der Waals surface area (Å²) in [6.45, 7) is 4.50. The molecule has 1 aliphatic heterocycles. The molecule has 1 aliphatic rings. The van der Waals surface area contributed by atoms with Gasteiger partial charge < -0.3 is 14.2 Å². The van der Waals surface area contributed by atoms with Crippen LogP contribution >= 0.6 is 11.3 Å². The van der Waals surface area contributed by atoms with Crippen LogP contribution in [0.2, 0.25) is 0 Å². The van der Waals surface area contributed by atoms with E-state index < -0.39 is 12.0 Å². The van der Waals surface area contributed by atoms with E-state index in [0.717, 1.165) is 11.4 Å². The molecule has 0 fully saturated rings. The summed E-state index contributed by atoms with van der Waals surface area (Å²) in [5, 5.41) is 1.86. The van der Waals surface area contributed by atoms with Crippen LogP contribution in [0, 0.1) is 0 Å². The summed E-state index contributed by atoms with van der Waals surface area (Å²) < 4.78 is 6.95. The van der Waals surface area contributed by atoms with Crippen molar-refractivity contribution in [2.75, 3.05) is 7.11 Å². The van der Waals surface area contributed by atoms with E-state index >= 15 is 0 Å². The maximum absolute atomic E-state index is 12.8. The van der Waals surface area contributed by atoms with Crippen LogP contribution in [0.3, 0.4) is 0 Å². The first kappa shape index (κ1) is 15.7. The number of nitrogens with zero attached hydrogens (tertiary/aromatic N) is 3. The molecule has 0 radical (unpaired) electrons. The quantitative estimate of drug-likeness (QED) is 0.808. The first-order chi connectivity index (χ1) is 11.0. The van der Waals surface area contributed by atoms with Crippen molar-refractivity contribution < 1.29 is 14.3 Å². The molecule has 0 spiro atoms. The van der Waals surface area contributed by atoms with Crippen molar-refractivity contribution in [3.8, 4) is 0 Å². The fourth-order valence-electron chi connectivity index (χ4n) is 2.88. The van der Waals surface area contributed by atoms with Gasteiger partial charge in [0.25, 0.3) is 5.91 Å². The zero-order chi connectivity index (χ0) is 16.6. The molecule has 0 N–H and O–H groups in total. The monoisotopic (exact) mass is 333 g/mol. The summed E-state index contributed by atoms with van der Waals surface area (Å²) in [6, 6.07) is 3.23. The minimum Gasteiger partial charge on any atom is -0.467 e. The van der Waals surface area contributed by atoms with E-state index in [2.05, 4.69) is 23.4 Å². The van der Waals surface area contributed by atoms with Gasteiger partial charge in [0.15, 0.2) is 0 Å². The summed E-state index contributed by atoms with van der Waals surface area (Å²) in [6.07, 6.45) is 2.17. The van der Waals surface area contributed by atoms with Gasteiger partial charge in [-0.15, -0.1) is 11.3 Å². The first-order valence-corrected chi connectivity index (χ1v) is 8.37. The third-order valence-corrected chi connectivity index (χ3v) is 4.95. The van der Waals surface area contributed by atoms with Crippen LogP contribution in [0.1, 0.15) is 40.9 Å². The Labute approximate surface area is 138 Å². The minimum absolute atomic E-state index is 0.141. The number of amides is 1. The standard InChI is InChI=1S/C16H19N3O3S/c1-10(2)19-9-17-11-7-12(16(21)22-3)18(8-13(11)19)15(20)14-5-4-6-23-14/h4-6,9-10,12H,7-8H2,1-3H3/t12-/m0/s1. The Bertz CT molecular complexity index is 721. The van der Waals surface area contributed by atoms with Gasteiger partial charge in [-0.1, -0.05) is 6.07 Å². The molecule has 1 atom stereocenters. The molecular formula is C16H19N3O3S. The van der Waals surface area contributed by atoms with Crippen LogP contribution in [0.5, 0.6) is 0 Å². The average molecular weight is 333 g/mol. The summed E-state index contributed by atoms with van der Waals surface area (Å²) in [7, 11) is 1.35. The van der Waals surface area contributed by atoms with Crippen LogP contribution < -0.4 is 0 Å². The lowest BCUT2D eigenvalue weighted by molar-refractivity contribution is -0.146. The number of thiophene rings is 1. The topological polar surface area (TPSA) is 64.4 Å². The average Bonchev–Trinajstić information content (AvgIpc) is 3.21. The molecular weight excluding hydrogens is 314 g/mol. The summed E-state index contributed by atoms with van der Waals surface area (Å²) in [5.41, 5.74) is 1.86. The molecule has 2 aromatic rings. The lowest BCUT2D eigenvalue weighted by atomic mass is 10.0. The highest BCUT2D eigenvalue weighted by molar-refractivity contribution is 7.12. The maximum atomic E-state index is 12.8. The highest BCUT2D eigenvalue weighted by Gasteiger charge is 2.38. The molecule has 0 saturated carbocycles. The number of methoxy groups -OCH3 is 1. The zero-order valence-electron chi connectivity index (χ0n) is 13.4. The number of esters is 1. The molecule has 3 heterocycles. The number of carbonyl (C=O) groups is 2. The van der Waals surface area contributed by atoms with Gasteiger partial charge in [-0.05, 0) is 25.3 Å². The summed E-state index contributed by atoms with van der Waals surface area (Å²) in [5.74, 6) is -0.544. The molecule has 3 rings (SSSR count). The van der Waals surface area contributed by atoms with Crippen LogP contribution in [-0.2, 0) is 22.5 Å². The van der Waals surface area contributed by atoms with Gasteiger partial charge >= 0.3 is 5.97 Å². The molecule has 0 bridgehead atoms. The van der Waals surface area contributed by atoms with Crippen molar-refractivity contribution in [1.82, 2.24) is 14.5 Å². The molecule has 0 aliphatic carbocycles. The van der Waals surface area contributed by atoms with Crippen molar-refractivity contribution in [2.45, 2.75) is 38.9 Å². The van der Waals surface area contributed by atoms with Crippen LogP contribution in [0.4, 0.5) is 0 Å². The molecule has 0 unspecified atom stereocenters. The smallest absolute Gasteiger partial charge is 0.329 e. The Morgan fingerprint density at radius 3 is 2.83 bits per heavy atom. The van der Waals surface area contributed by atoms with Crippen LogP contribution in [-0.4, -0.2) is 39.5 Å². The molecule has 7 heteroatoms. The molecule has 2 aromatic heterocycles. The van der Waals surface area contributed by atoms with E-state index in [1.807, 2.05) is 11.4 Å². The van der Waals surface area contributed by atoms with Crippen molar-refractivity contribution in [2.24, 2.45) is 0 Å². The predicted molar refractivity (Wildman–Crippen MR) is 86.3 cm³/mol. The number of hydrogen-bond donors (Lipinski definition) is 0. The second kappa shape index (κ2) is 6.16. The lowest BCUT2D eigenvalue weighted by Gasteiger charge is -2.34. The highest BCUT2D eigenvalue weighted by atomic mass is 32.1. The Balaban J connectivity index is 1.99. The van der Waals surface area contributed by atoms with E-state index in [4.69, 9.17) is 4.74 Å². The van der Waals surface area contributed by atoms with E-state index in [1.165, 1.54) is 18.4 Å².